The summed E-state index contributed by atoms with van der Waals surface area (Å²) >= 11 is 5.68. The van der Waals surface area contributed by atoms with Crippen LogP contribution in [0.4, 0.5) is 5.69 Å². The van der Waals surface area contributed by atoms with Gasteiger partial charge in [-0.05, 0) is 31.5 Å². The molecule has 1 N–H and O–H groups in total. The van der Waals surface area contributed by atoms with Crippen LogP contribution < -0.4 is 10.2 Å². The van der Waals surface area contributed by atoms with Crippen molar-refractivity contribution in [2.75, 3.05) is 44.0 Å². The average molecular weight is 373 g/mol. The van der Waals surface area contributed by atoms with Crippen LogP contribution in [0.15, 0.2) is 22.7 Å². The number of benzene rings is 1. The van der Waals surface area contributed by atoms with Crippen LogP contribution in [0.3, 0.4) is 0 Å². The van der Waals surface area contributed by atoms with Crippen LogP contribution in [0, 0.1) is 0 Å². The topological polar surface area (TPSA) is 24.5 Å². The number of anilines is 1. The highest BCUT2D eigenvalue weighted by atomic mass is 79.9. The van der Waals surface area contributed by atoms with Crippen molar-refractivity contribution in [2.24, 2.45) is 0 Å². The predicted octanol–water partition coefficient (Wildman–Crippen LogP) is 3.52. The molecule has 0 aromatic heterocycles. The highest BCUT2D eigenvalue weighted by Gasteiger charge is 2.28. The van der Waals surface area contributed by atoms with E-state index >= 15 is 0 Å². The first kappa shape index (κ1) is 17.1. The lowest BCUT2D eigenvalue weighted by molar-refractivity contribution is 0.199. The monoisotopic (exact) mass is 372 g/mol. The number of thioether (sulfide) groups is 1. The van der Waals surface area contributed by atoms with Gasteiger partial charge in [0.25, 0.3) is 0 Å². The normalized spacial score (nSPS) is 18.0. The minimum absolute atomic E-state index is 0.321. The largest absolute Gasteiger partial charge is 0.383 e. The van der Waals surface area contributed by atoms with Crippen molar-refractivity contribution in [3.05, 3.63) is 28.2 Å². The fourth-order valence-electron chi connectivity index (χ4n) is 2.60. The highest BCUT2D eigenvalue weighted by molar-refractivity contribution is 9.10. The Hall–Kier alpha value is -0.230. The van der Waals surface area contributed by atoms with Crippen molar-refractivity contribution in [1.29, 1.82) is 0 Å². The molecule has 1 heterocycles. The molecule has 1 saturated heterocycles. The summed E-state index contributed by atoms with van der Waals surface area (Å²) in [5, 5.41) is 3.45. The summed E-state index contributed by atoms with van der Waals surface area (Å²) in [5.74, 6) is 1.19. The molecular formula is C16H25BrN2OS. The second-order valence-corrected chi connectivity index (χ2v) is 8.69. The minimum atomic E-state index is 0.321. The SMILES string of the molecule is COCCNCc1ccc(Br)cc1N1CCSC(C)(C)C1. The molecule has 1 aliphatic rings. The highest BCUT2D eigenvalue weighted by Crippen LogP contribution is 2.34. The van der Waals surface area contributed by atoms with Gasteiger partial charge in [-0.25, -0.2) is 0 Å². The molecule has 0 saturated carbocycles. The maximum absolute atomic E-state index is 5.09. The average Bonchev–Trinajstić information content (AvgIpc) is 2.44. The van der Waals surface area contributed by atoms with Crippen molar-refractivity contribution in [3.63, 3.8) is 0 Å². The molecule has 2 rings (SSSR count). The van der Waals surface area contributed by atoms with Gasteiger partial charge in [-0.3, -0.25) is 0 Å². The molecule has 0 bridgehead atoms. The van der Waals surface area contributed by atoms with E-state index in [0.29, 0.717) is 4.75 Å². The maximum atomic E-state index is 5.09. The number of rotatable bonds is 6. The van der Waals surface area contributed by atoms with Gasteiger partial charge in [0.2, 0.25) is 0 Å². The van der Waals surface area contributed by atoms with E-state index in [9.17, 15) is 0 Å². The van der Waals surface area contributed by atoms with Gasteiger partial charge in [0.05, 0.1) is 6.61 Å². The Kier molecular flexibility index (Phi) is 6.41. The Balaban J connectivity index is 2.11. The summed E-state index contributed by atoms with van der Waals surface area (Å²) < 4.78 is 6.56. The molecule has 0 unspecified atom stereocenters. The number of ether oxygens (including phenoxy) is 1. The fourth-order valence-corrected chi connectivity index (χ4v) is 4.06. The maximum Gasteiger partial charge on any atom is 0.0587 e. The van der Waals surface area contributed by atoms with Crippen LogP contribution in [-0.2, 0) is 11.3 Å². The van der Waals surface area contributed by atoms with Crippen LogP contribution >= 0.6 is 27.7 Å². The van der Waals surface area contributed by atoms with Gasteiger partial charge in [0, 0.05) is 53.9 Å². The van der Waals surface area contributed by atoms with Crippen molar-refractivity contribution in [2.45, 2.75) is 25.1 Å². The van der Waals surface area contributed by atoms with Crippen LogP contribution in [0.25, 0.3) is 0 Å². The summed E-state index contributed by atoms with van der Waals surface area (Å²) in [7, 11) is 1.74. The first-order valence-electron chi connectivity index (χ1n) is 7.39. The van der Waals surface area contributed by atoms with Gasteiger partial charge in [0.15, 0.2) is 0 Å². The van der Waals surface area contributed by atoms with Crippen molar-refractivity contribution >= 4 is 33.4 Å². The van der Waals surface area contributed by atoms with Gasteiger partial charge >= 0.3 is 0 Å². The minimum Gasteiger partial charge on any atom is -0.383 e. The zero-order chi connectivity index (χ0) is 15.3. The molecule has 0 spiro atoms. The van der Waals surface area contributed by atoms with E-state index in [1.54, 1.807) is 7.11 Å². The Morgan fingerprint density at radius 1 is 1.43 bits per heavy atom. The second kappa shape index (κ2) is 7.86. The number of hydrogen-bond acceptors (Lipinski definition) is 4. The van der Waals surface area contributed by atoms with Crippen molar-refractivity contribution in [3.8, 4) is 0 Å². The summed E-state index contributed by atoms with van der Waals surface area (Å²) in [6, 6.07) is 6.59. The van der Waals surface area contributed by atoms with Crippen molar-refractivity contribution in [1.82, 2.24) is 5.32 Å². The van der Waals surface area contributed by atoms with E-state index in [4.69, 9.17) is 4.74 Å². The Morgan fingerprint density at radius 3 is 2.95 bits per heavy atom. The lowest BCUT2D eigenvalue weighted by atomic mass is 10.1. The molecule has 0 amide bonds. The summed E-state index contributed by atoms with van der Waals surface area (Å²) in [4.78, 5) is 2.52. The van der Waals surface area contributed by atoms with Gasteiger partial charge in [-0.2, -0.15) is 11.8 Å². The molecule has 1 fully saturated rings. The predicted molar refractivity (Wildman–Crippen MR) is 96.5 cm³/mol. The molecule has 0 atom stereocenters. The Labute approximate surface area is 140 Å². The van der Waals surface area contributed by atoms with Crippen LogP contribution in [0.2, 0.25) is 0 Å². The third-order valence-electron chi connectivity index (χ3n) is 3.61. The zero-order valence-electron chi connectivity index (χ0n) is 13.1. The van der Waals surface area contributed by atoms with Gasteiger partial charge < -0.3 is 15.0 Å². The number of hydrogen-bond donors (Lipinski definition) is 1. The molecule has 1 aromatic rings. The summed E-state index contributed by atoms with van der Waals surface area (Å²) in [6.45, 7) is 9.40. The van der Waals surface area contributed by atoms with Crippen molar-refractivity contribution < 1.29 is 4.74 Å². The summed E-state index contributed by atoms with van der Waals surface area (Å²) in [5.41, 5.74) is 2.71. The lowest BCUT2D eigenvalue weighted by Crippen LogP contribution is -2.43. The van der Waals surface area contributed by atoms with Gasteiger partial charge in [-0.1, -0.05) is 22.0 Å². The first-order chi connectivity index (χ1) is 10.0. The Morgan fingerprint density at radius 2 is 2.24 bits per heavy atom. The van der Waals surface area contributed by atoms with Gasteiger partial charge in [-0.15, -0.1) is 0 Å². The first-order valence-corrected chi connectivity index (χ1v) is 9.17. The fraction of sp³-hybridized carbons (Fsp3) is 0.625. The van der Waals surface area contributed by atoms with E-state index in [1.165, 1.54) is 17.0 Å². The molecular weight excluding hydrogens is 348 g/mol. The number of methoxy groups -OCH3 is 1. The van der Waals surface area contributed by atoms with Crippen LogP contribution in [-0.4, -0.2) is 43.9 Å². The number of nitrogens with one attached hydrogen (secondary N) is 1. The quantitative estimate of drug-likeness (QED) is 0.772. The Bertz CT molecular complexity index is 468. The molecule has 1 aliphatic heterocycles. The van der Waals surface area contributed by atoms with Crippen LogP contribution in [0.1, 0.15) is 19.4 Å². The van der Waals surface area contributed by atoms with E-state index in [1.807, 2.05) is 0 Å². The molecule has 0 aliphatic carbocycles. The smallest absolute Gasteiger partial charge is 0.0587 e. The summed E-state index contributed by atoms with van der Waals surface area (Å²) in [6.07, 6.45) is 0. The van der Waals surface area contributed by atoms with E-state index in [0.717, 1.165) is 37.3 Å². The molecule has 0 radical (unpaired) electrons. The number of nitrogens with zero attached hydrogens (tertiary/aromatic N) is 1. The number of halogens is 1. The van der Waals surface area contributed by atoms with E-state index in [2.05, 4.69) is 70.0 Å². The van der Waals surface area contributed by atoms with Gasteiger partial charge in [0.1, 0.15) is 0 Å². The molecule has 21 heavy (non-hydrogen) atoms. The van der Waals surface area contributed by atoms with E-state index in [-0.39, 0.29) is 0 Å². The molecule has 118 valence electrons. The molecule has 3 nitrogen and oxygen atoms in total. The lowest BCUT2D eigenvalue weighted by Gasteiger charge is -2.40. The standard InChI is InChI=1S/C16H25BrN2OS/c1-16(2)12-19(7-9-21-16)15-10-14(17)5-4-13(15)11-18-6-8-20-3/h4-5,10,18H,6-9,11-12H2,1-3H3. The molecule has 1 aromatic carbocycles. The zero-order valence-corrected chi connectivity index (χ0v) is 15.5. The van der Waals surface area contributed by atoms with E-state index < -0.39 is 0 Å². The second-order valence-electron chi connectivity index (χ2n) is 5.97. The third-order valence-corrected chi connectivity index (χ3v) is 5.40. The third kappa shape index (κ3) is 5.16. The molecule has 5 heteroatoms. The van der Waals surface area contributed by atoms with Crippen LogP contribution in [0.5, 0.6) is 0 Å².